The summed E-state index contributed by atoms with van der Waals surface area (Å²) in [6.45, 7) is 0.274. The number of nitrogens with one attached hydrogen (secondary N) is 2. The molecule has 0 saturated heterocycles. The number of carbonyl (C=O) groups excluding carboxylic acids is 1. The summed E-state index contributed by atoms with van der Waals surface area (Å²) in [6, 6.07) is 9.01. The van der Waals surface area contributed by atoms with Gasteiger partial charge in [-0.3, -0.25) is 9.89 Å². The van der Waals surface area contributed by atoms with E-state index in [1.807, 2.05) is 18.2 Å². The topological polar surface area (TPSA) is 93.0 Å². The number of amides is 1. The second kappa shape index (κ2) is 6.23. The molecular weight excluding hydrogens is 284 g/mol. The molecule has 0 atom stereocenters. The van der Waals surface area contributed by atoms with E-state index in [0.29, 0.717) is 11.4 Å². The van der Waals surface area contributed by atoms with E-state index >= 15 is 0 Å². The zero-order valence-corrected chi connectivity index (χ0v) is 11.9. The Kier molecular flexibility index (Phi) is 3.97. The fourth-order valence-electron chi connectivity index (χ4n) is 2.01. The number of aromatic nitrogens is 3. The third-order valence-electron chi connectivity index (χ3n) is 3.03. The van der Waals surface area contributed by atoms with E-state index in [1.165, 1.54) is 0 Å². The predicted molar refractivity (Wildman–Crippen MR) is 79.2 cm³/mol. The molecule has 0 fully saturated rings. The lowest BCUT2D eigenvalue weighted by molar-refractivity contribution is 0.101. The Balaban J connectivity index is 1.75. The van der Waals surface area contributed by atoms with Crippen LogP contribution in [0.4, 0.5) is 5.69 Å². The van der Waals surface area contributed by atoms with E-state index in [9.17, 15) is 4.79 Å². The van der Waals surface area contributed by atoms with Gasteiger partial charge in [0.05, 0.1) is 6.20 Å². The summed E-state index contributed by atoms with van der Waals surface area (Å²) in [5.74, 6) is 0.162. The van der Waals surface area contributed by atoms with Crippen LogP contribution in [0.5, 0.6) is 0 Å². The van der Waals surface area contributed by atoms with Gasteiger partial charge in [-0.2, -0.15) is 5.10 Å². The van der Waals surface area contributed by atoms with Crippen LogP contribution in [-0.2, 0) is 11.3 Å². The van der Waals surface area contributed by atoms with E-state index in [0.717, 1.165) is 11.1 Å². The first kappa shape index (κ1) is 14.0. The summed E-state index contributed by atoms with van der Waals surface area (Å²) >= 11 is 0. The maximum Gasteiger partial charge on any atom is 0.277 e. The molecule has 2 N–H and O–H groups in total. The largest absolute Gasteiger partial charge is 0.377 e. The van der Waals surface area contributed by atoms with Crippen molar-refractivity contribution in [2.45, 2.75) is 6.61 Å². The molecule has 2 heterocycles. The Morgan fingerprint density at radius 2 is 2.27 bits per heavy atom. The Labute approximate surface area is 126 Å². The predicted octanol–water partition coefficient (Wildman–Crippen LogP) is 2.46. The van der Waals surface area contributed by atoms with Crippen LogP contribution in [0, 0.1) is 0 Å². The number of hydrogen-bond donors (Lipinski definition) is 2. The molecule has 3 rings (SSSR count). The number of H-pyrrole nitrogens is 1. The van der Waals surface area contributed by atoms with Gasteiger partial charge in [-0.15, -0.1) is 0 Å². The number of aromatic amines is 1. The molecule has 0 bridgehead atoms. The van der Waals surface area contributed by atoms with Gasteiger partial charge in [0.1, 0.15) is 6.61 Å². The summed E-state index contributed by atoms with van der Waals surface area (Å²) in [7, 11) is 1.55. The Morgan fingerprint density at radius 1 is 1.36 bits per heavy atom. The van der Waals surface area contributed by atoms with Crippen LogP contribution in [0.2, 0.25) is 0 Å². The molecule has 0 aliphatic rings. The first-order chi connectivity index (χ1) is 10.8. The van der Waals surface area contributed by atoms with Crippen molar-refractivity contribution in [2.24, 2.45) is 0 Å². The average Bonchev–Trinajstić information content (AvgIpc) is 3.19. The summed E-state index contributed by atoms with van der Waals surface area (Å²) in [4.78, 5) is 12.1. The van der Waals surface area contributed by atoms with Crippen LogP contribution in [-0.4, -0.2) is 28.4 Å². The van der Waals surface area contributed by atoms with Crippen molar-refractivity contribution < 1.29 is 14.1 Å². The maximum atomic E-state index is 12.1. The third kappa shape index (κ3) is 3.04. The second-order valence-corrected chi connectivity index (χ2v) is 4.63. The molecule has 2 aromatic heterocycles. The van der Waals surface area contributed by atoms with Crippen molar-refractivity contribution in [3.8, 4) is 11.1 Å². The van der Waals surface area contributed by atoms with Gasteiger partial charge in [0.25, 0.3) is 5.91 Å². The highest BCUT2D eigenvalue weighted by Gasteiger charge is 2.13. The van der Waals surface area contributed by atoms with E-state index in [2.05, 4.69) is 20.7 Å². The summed E-state index contributed by atoms with van der Waals surface area (Å²) < 4.78 is 9.92. The monoisotopic (exact) mass is 298 g/mol. The van der Waals surface area contributed by atoms with Crippen LogP contribution in [0.1, 0.15) is 16.2 Å². The van der Waals surface area contributed by atoms with Crippen molar-refractivity contribution in [1.82, 2.24) is 15.4 Å². The standard InChI is InChI=1S/C15H14N4O3/c1-21-9-13-6-14(19-22-13)15(20)18-12-4-2-3-10(5-12)11-7-16-17-8-11/h2-8H,9H2,1H3,(H,16,17)(H,18,20). The quantitative estimate of drug-likeness (QED) is 0.754. The highest BCUT2D eigenvalue weighted by molar-refractivity contribution is 6.03. The van der Waals surface area contributed by atoms with Crippen LogP contribution in [0.25, 0.3) is 11.1 Å². The van der Waals surface area contributed by atoms with Crippen molar-refractivity contribution in [2.75, 3.05) is 12.4 Å². The first-order valence-corrected chi connectivity index (χ1v) is 6.61. The molecular formula is C15H14N4O3. The maximum absolute atomic E-state index is 12.1. The van der Waals surface area contributed by atoms with E-state index in [1.54, 1.807) is 31.6 Å². The molecule has 0 aliphatic heterocycles. The summed E-state index contributed by atoms with van der Waals surface area (Å²) in [6.07, 6.45) is 3.51. The summed E-state index contributed by atoms with van der Waals surface area (Å²) in [5.41, 5.74) is 2.77. The minimum Gasteiger partial charge on any atom is -0.377 e. The fourth-order valence-corrected chi connectivity index (χ4v) is 2.01. The molecule has 1 aromatic carbocycles. The number of anilines is 1. The van der Waals surface area contributed by atoms with Crippen LogP contribution in [0.3, 0.4) is 0 Å². The minimum atomic E-state index is -0.338. The Bertz CT molecular complexity index is 765. The first-order valence-electron chi connectivity index (χ1n) is 6.61. The van der Waals surface area contributed by atoms with E-state index in [4.69, 9.17) is 9.26 Å². The van der Waals surface area contributed by atoms with Crippen LogP contribution < -0.4 is 5.32 Å². The van der Waals surface area contributed by atoms with Crippen molar-refractivity contribution in [1.29, 1.82) is 0 Å². The van der Waals surface area contributed by atoms with Gasteiger partial charge in [-0.25, -0.2) is 0 Å². The molecule has 3 aromatic rings. The molecule has 7 nitrogen and oxygen atoms in total. The van der Waals surface area contributed by atoms with Crippen molar-refractivity contribution in [3.05, 3.63) is 54.2 Å². The second-order valence-electron chi connectivity index (χ2n) is 4.63. The minimum absolute atomic E-state index is 0.209. The number of nitrogens with zero attached hydrogens (tertiary/aromatic N) is 2. The molecule has 0 aliphatic carbocycles. The van der Waals surface area contributed by atoms with Gasteiger partial charge in [-0.05, 0) is 17.7 Å². The normalized spacial score (nSPS) is 10.6. The van der Waals surface area contributed by atoms with Crippen LogP contribution in [0.15, 0.2) is 47.2 Å². The smallest absolute Gasteiger partial charge is 0.277 e. The van der Waals surface area contributed by atoms with E-state index in [-0.39, 0.29) is 18.2 Å². The highest BCUT2D eigenvalue weighted by Crippen LogP contribution is 2.21. The van der Waals surface area contributed by atoms with Gasteiger partial charge in [0.2, 0.25) is 0 Å². The van der Waals surface area contributed by atoms with Gasteiger partial charge in [-0.1, -0.05) is 17.3 Å². The Morgan fingerprint density at radius 3 is 3.05 bits per heavy atom. The molecule has 1 amide bonds. The lowest BCUT2D eigenvalue weighted by Crippen LogP contribution is -2.12. The molecule has 0 unspecified atom stereocenters. The lowest BCUT2D eigenvalue weighted by Gasteiger charge is -2.04. The summed E-state index contributed by atoms with van der Waals surface area (Å²) in [5, 5.41) is 13.2. The molecule has 7 heteroatoms. The highest BCUT2D eigenvalue weighted by atomic mass is 16.5. The zero-order valence-electron chi connectivity index (χ0n) is 11.9. The fraction of sp³-hybridized carbons (Fsp3) is 0.133. The van der Waals surface area contributed by atoms with Crippen molar-refractivity contribution >= 4 is 11.6 Å². The van der Waals surface area contributed by atoms with Gasteiger partial charge in [0, 0.05) is 30.6 Å². The third-order valence-corrected chi connectivity index (χ3v) is 3.03. The number of carbonyl (C=O) groups is 1. The van der Waals surface area contributed by atoms with E-state index < -0.39 is 0 Å². The molecule has 0 radical (unpaired) electrons. The van der Waals surface area contributed by atoms with Crippen LogP contribution >= 0.6 is 0 Å². The van der Waals surface area contributed by atoms with Gasteiger partial charge < -0.3 is 14.6 Å². The van der Waals surface area contributed by atoms with Crippen molar-refractivity contribution in [3.63, 3.8) is 0 Å². The molecule has 112 valence electrons. The van der Waals surface area contributed by atoms with Gasteiger partial charge in [0.15, 0.2) is 11.5 Å². The SMILES string of the molecule is COCc1cc(C(=O)Nc2cccc(-c3cn[nH]c3)c2)no1. The lowest BCUT2D eigenvalue weighted by atomic mass is 10.1. The number of benzene rings is 1. The van der Waals surface area contributed by atoms with Gasteiger partial charge >= 0.3 is 0 Å². The molecule has 0 spiro atoms. The number of hydrogen-bond acceptors (Lipinski definition) is 5. The zero-order chi connectivity index (χ0) is 15.4. The Hall–Kier alpha value is -2.93. The number of methoxy groups -OCH3 is 1. The molecule has 22 heavy (non-hydrogen) atoms. The molecule has 0 saturated carbocycles. The number of ether oxygens (including phenoxy) is 1. The average molecular weight is 298 g/mol. The number of rotatable bonds is 5.